The molecule has 0 saturated carbocycles. The van der Waals surface area contributed by atoms with Gasteiger partial charge in [-0.25, -0.2) is 4.68 Å². The smallest absolute Gasteiger partial charge is 0.350 e. The van der Waals surface area contributed by atoms with Crippen molar-refractivity contribution >= 4 is 5.91 Å². The van der Waals surface area contributed by atoms with E-state index in [1.165, 1.54) is 10.9 Å². The Morgan fingerprint density at radius 1 is 0.923 bits per heavy atom. The average Bonchev–Trinajstić information content (AvgIpc) is 3.63. The quantitative estimate of drug-likeness (QED) is 0.272. The van der Waals surface area contributed by atoms with Crippen LogP contribution in [0.1, 0.15) is 34.6 Å². The maximum absolute atomic E-state index is 12.7. The number of nitrogens with one attached hydrogen (secondary N) is 1. The van der Waals surface area contributed by atoms with Crippen molar-refractivity contribution in [2.45, 2.75) is 25.7 Å². The van der Waals surface area contributed by atoms with Gasteiger partial charge in [0.2, 0.25) is 0 Å². The summed E-state index contributed by atoms with van der Waals surface area (Å²) in [4.78, 5) is 12.7. The Balaban J connectivity index is 1.19. The van der Waals surface area contributed by atoms with Gasteiger partial charge >= 0.3 is 6.18 Å². The van der Waals surface area contributed by atoms with Gasteiger partial charge in [0, 0.05) is 23.9 Å². The van der Waals surface area contributed by atoms with Gasteiger partial charge in [-0.1, -0.05) is 71.9 Å². The maximum Gasteiger partial charge on any atom is 0.435 e. The highest BCUT2D eigenvalue weighted by molar-refractivity contribution is 5.94. The van der Waals surface area contributed by atoms with Crippen molar-refractivity contribution in [1.29, 1.82) is 0 Å². The van der Waals surface area contributed by atoms with E-state index < -0.39 is 11.9 Å². The molecular weight excluding hydrogens is 505 g/mol. The van der Waals surface area contributed by atoms with Crippen LogP contribution in [0, 0.1) is 0 Å². The minimum absolute atomic E-state index is 0.152. The summed E-state index contributed by atoms with van der Waals surface area (Å²) in [5.74, 6) is -0.262. The van der Waals surface area contributed by atoms with E-state index in [-0.39, 0.29) is 18.5 Å². The molecule has 5 rings (SSSR count). The van der Waals surface area contributed by atoms with E-state index in [1.54, 1.807) is 28.9 Å². The topological polar surface area (TPSA) is 77.6 Å². The van der Waals surface area contributed by atoms with Crippen LogP contribution in [0.3, 0.4) is 0 Å². The van der Waals surface area contributed by atoms with E-state index >= 15 is 0 Å². The molecule has 0 spiro atoms. The Bertz CT molecular complexity index is 1560. The highest BCUT2D eigenvalue weighted by Crippen LogP contribution is 2.31. The standard InChI is InChI=1S/C29H25F3N6O/c1-20(38-19-26(34-36-38)25-10-6-5-9-24(25)22-7-3-2-4-8-22)17-33-28(39)23-13-11-21(12-14-23)18-37-16-15-27(35-37)29(30,31)32/h2-16,19-20H,17-18H2,1H3,(H,33,39). The summed E-state index contributed by atoms with van der Waals surface area (Å²) in [6.45, 7) is 2.43. The molecule has 198 valence electrons. The first kappa shape index (κ1) is 25.9. The highest BCUT2D eigenvalue weighted by Gasteiger charge is 2.33. The molecule has 0 radical (unpaired) electrons. The minimum Gasteiger partial charge on any atom is -0.350 e. The van der Waals surface area contributed by atoms with Crippen LogP contribution < -0.4 is 5.32 Å². The van der Waals surface area contributed by atoms with Crippen molar-refractivity contribution in [2.24, 2.45) is 0 Å². The summed E-state index contributed by atoms with van der Waals surface area (Å²) in [6, 6.07) is 25.5. The molecule has 1 unspecified atom stereocenters. The monoisotopic (exact) mass is 530 g/mol. The van der Waals surface area contributed by atoms with Gasteiger partial charge in [0.15, 0.2) is 5.69 Å². The van der Waals surface area contributed by atoms with Gasteiger partial charge in [0.1, 0.15) is 5.69 Å². The molecule has 5 aromatic rings. The van der Waals surface area contributed by atoms with Crippen LogP contribution in [0.2, 0.25) is 0 Å². The predicted octanol–water partition coefficient (Wildman–Crippen LogP) is 5.87. The van der Waals surface area contributed by atoms with Crippen LogP contribution in [0.25, 0.3) is 22.4 Å². The fraction of sp³-hybridized carbons (Fsp3) is 0.172. The van der Waals surface area contributed by atoms with Gasteiger partial charge in [0.25, 0.3) is 5.91 Å². The van der Waals surface area contributed by atoms with Crippen molar-refractivity contribution in [3.8, 4) is 22.4 Å². The van der Waals surface area contributed by atoms with Gasteiger partial charge in [-0.05, 0) is 41.8 Å². The number of alkyl halides is 3. The van der Waals surface area contributed by atoms with Gasteiger partial charge in [-0.3, -0.25) is 9.48 Å². The Morgan fingerprint density at radius 2 is 1.62 bits per heavy atom. The largest absolute Gasteiger partial charge is 0.435 e. The molecule has 0 fully saturated rings. The second kappa shape index (κ2) is 10.9. The highest BCUT2D eigenvalue weighted by atomic mass is 19.4. The minimum atomic E-state index is -4.48. The molecule has 0 aliphatic carbocycles. The average molecular weight is 531 g/mol. The first-order valence-corrected chi connectivity index (χ1v) is 12.3. The van der Waals surface area contributed by atoms with Crippen molar-refractivity contribution in [1.82, 2.24) is 30.1 Å². The zero-order valence-electron chi connectivity index (χ0n) is 21.0. The fourth-order valence-corrected chi connectivity index (χ4v) is 4.18. The number of carbonyl (C=O) groups is 1. The summed E-state index contributed by atoms with van der Waals surface area (Å²) in [6.07, 6.45) is -1.34. The number of carbonyl (C=O) groups excluding carboxylic acids is 1. The lowest BCUT2D eigenvalue weighted by molar-refractivity contribution is -0.141. The summed E-state index contributed by atoms with van der Waals surface area (Å²) >= 11 is 0. The number of hydrogen-bond acceptors (Lipinski definition) is 4. The molecule has 39 heavy (non-hydrogen) atoms. The number of rotatable bonds is 8. The summed E-state index contributed by atoms with van der Waals surface area (Å²) in [5, 5.41) is 15.1. The lowest BCUT2D eigenvalue weighted by atomic mass is 9.98. The molecule has 7 nitrogen and oxygen atoms in total. The van der Waals surface area contributed by atoms with E-state index in [1.807, 2.05) is 55.6 Å². The zero-order valence-corrected chi connectivity index (χ0v) is 21.0. The van der Waals surface area contributed by atoms with Gasteiger partial charge in [-0.15, -0.1) is 5.10 Å². The maximum atomic E-state index is 12.7. The van der Waals surface area contributed by atoms with Crippen molar-refractivity contribution in [3.63, 3.8) is 0 Å². The molecule has 2 aromatic heterocycles. The molecule has 0 aliphatic rings. The molecule has 0 bridgehead atoms. The van der Waals surface area contributed by atoms with Gasteiger partial charge in [0.05, 0.1) is 18.8 Å². The first-order chi connectivity index (χ1) is 18.8. The van der Waals surface area contributed by atoms with Crippen LogP contribution in [-0.4, -0.2) is 37.2 Å². The first-order valence-electron chi connectivity index (χ1n) is 12.3. The van der Waals surface area contributed by atoms with Crippen LogP contribution in [-0.2, 0) is 12.7 Å². The number of amides is 1. The number of aromatic nitrogens is 5. The third kappa shape index (κ3) is 6.06. The second-order valence-corrected chi connectivity index (χ2v) is 9.15. The molecule has 10 heteroatoms. The Hall–Kier alpha value is -4.73. The third-order valence-corrected chi connectivity index (χ3v) is 6.30. The Morgan fingerprint density at radius 3 is 2.31 bits per heavy atom. The molecule has 1 amide bonds. The Labute approximate surface area is 222 Å². The number of nitrogens with zero attached hydrogens (tertiary/aromatic N) is 5. The zero-order chi connectivity index (χ0) is 27.4. The van der Waals surface area contributed by atoms with E-state index in [2.05, 4.69) is 32.9 Å². The van der Waals surface area contributed by atoms with Crippen molar-refractivity contribution in [3.05, 3.63) is 114 Å². The number of benzene rings is 3. The molecule has 1 atom stereocenters. The number of hydrogen-bond donors (Lipinski definition) is 1. The Kier molecular flexibility index (Phi) is 7.27. The van der Waals surface area contributed by atoms with Crippen LogP contribution in [0.15, 0.2) is 97.3 Å². The summed E-state index contributed by atoms with van der Waals surface area (Å²) in [5.41, 5.74) is 4.08. The predicted molar refractivity (Wildman–Crippen MR) is 141 cm³/mol. The van der Waals surface area contributed by atoms with E-state index in [9.17, 15) is 18.0 Å². The van der Waals surface area contributed by atoms with Crippen LogP contribution in [0.5, 0.6) is 0 Å². The fourth-order valence-electron chi connectivity index (χ4n) is 4.18. The third-order valence-electron chi connectivity index (χ3n) is 6.30. The second-order valence-electron chi connectivity index (χ2n) is 9.15. The lowest BCUT2D eigenvalue weighted by Crippen LogP contribution is -2.29. The molecule has 1 N–H and O–H groups in total. The summed E-state index contributed by atoms with van der Waals surface area (Å²) < 4.78 is 41.2. The SMILES string of the molecule is CC(CNC(=O)c1ccc(Cn2ccc(C(F)(F)F)n2)cc1)n1cc(-c2ccccc2-c2ccccc2)nn1. The molecule has 3 aromatic carbocycles. The molecule has 0 aliphatic heterocycles. The molecule has 0 saturated heterocycles. The summed E-state index contributed by atoms with van der Waals surface area (Å²) in [7, 11) is 0. The van der Waals surface area contributed by atoms with E-state index in [0.717, 1.165) is 34.0 Å². The van der Waals surface area contributed by atoms with Gasteiger partial charge in [-0.2, -0.15) is 18.3 Å². The number of halogens is 3. The van der Waals surface area contributed by atoms with E-state index in [4.69, 9.17) is 0 Å². The van der Waals surface area contributed by atoms with Crippen molar-refractivity contribution < 1.29 is 18.0 Å². The normalized spacial score (nSPS) is 12.3. The van der Waals surface area contributed by atoms with Crippen LogP contribution in [0.4, 0.5) is 13.2 Å². The van der Waals surface area contributed by atoms with Crippen LogP contribution >= 0.6 is 0 Å². The lowest BCUT2D eigenvalue weighted by Gasteiger charge is -2.13. The van der Waals surface area contributed by atoms with E-state index in [0.29, 0.717) is 12.1 Å². The molecular formula is C29H25F3N6O. The van der Waals surface area contributed by atoms with Gasteiger partial charge < -0.3 is 5.32 Å². The van der Waals surface area contributed by atoms with Crippen molar-refractivity contribution in [2.75, 3.05) is 6.54 Å². The molecule has 2 heterocycles.